The van der Waals surface area contributed by atoms with Crippen molar-refractivity contribution in [2.24, 2.45) is 0 Å². The molecule has 0 amide bonds. The number of carboxylic acid groups (broad SMARTS) is 1. The minimum absolute atomic E-state index is 0.0477. The number of hydrogen-bond acceptors (Lipinski definition) is 7. The number of rotatable bonds is 8. The summed E-state index contributed by atoms with van der Waals surface area (Å²) in [7, 11) is 0. The van der Waals surface area contributed by atoms with Crippen molar-refractivity contribution in [3.05, 3.63) is 52.3 Å². The maximum absolute atomic E-state index is 13.5. The van der Waals surface area contributed by atoms with Gasteiger partial charge in [-0.15, -0.1) is 0 Å². The summed E-state index contributed by atoms with van der Waals surface area (Å²) >= 11 is 0. The molecule has 0 spiro atoms. The molecule has 9 nitrogen and oxygen atoms in total. The number of carboxylic acids is 1. The van der Waals surface area contributed by atoms with E-state index in [9.17, 15) is 14.7 Å². The molecule has 0 radical (unpaired) electrons. The number of ketones is 1. The molecule has 9 heteroatoms. The first-order valence-electron chi connectivity index (χ1n) is 12.8. The molecule has 1 aliphatic carbocycles. The minimum atomic E-state index is -1.02. The maximum Gasteiger partial charge on any atom is 0.329 e. The quantitative estimate of drug-likeness (QED) is 0.463. The van der Waals surface area contributed by atoms with Gasteiger partial charge >= 0.3 is 5.97 Å². The van der Waals surface area contributed by atoms with Crippen molar-refractivity contribution in [1.82, 2.24) is 9.88 Å². The van der Waals surface area contributed by atoms with Crippen LogP contribution >= 0.6 is 0 Å². The molecule has 1 unspecified atom stereocenters. The van der Waals surface area contributed by atoms with Crippen LogP contribution in [0.1, 0.15) is 78.8 Å². The van der Waals surface area contributed by atoms with E-state index in [1.165, 1.54) is 0 Å². The first-order valence-corrected chi connectivity index (χ1v) is 12.8. The van der Waals surface area contributed by atoms with Gasteiger partial charge in [0.1, 0.15) is 23.9 Å². The summed E-state index contributed by atoms with van der Waals surface area (Å²) in [5, 5.41) is 28.7. The number of aliphatic carboxylic acids is 1. The van der Waals surface area contributed by atoms with Gasteiger partial charge < -0.3 is 24.7 Å². The number of fused-ring (bicyclic) bond motifs is 1. The van der Waals surface area contributed by atoms with E-state index in [0.29, 0.717) is 54.5 Å². The van der Waals surface area contributed by atoms with Crippen molar-refractivity contribution in [1.29, 1.82) is 5.41 Å². The number of carbonyl (C=O) groups is 2. The Kier molecular flexibility index (Phi) is 6.43. The Morgan fingerprint density at radius 2 is 1.95 bits per heavy atom. The van der Waals surface area contributed by atoms with Crippen molar-refractivity contribution in [3.63, 3.8) is 0 Å². The van der Waals surface area contributed by atoms with Crippen LogP contribution in [0.4, 0.5) is 5.69 Å². The van der Waals surface area contributed by atoms with Crippen molar-refractivity contribution in [3.8, 4) is 5.75 Å². The fourth-order valence-corrected chi connectivity index (χ4v) is 5.14. The highest BCUT2D eigenvalue weighted by molar-refractivity contribution is 6.05. The van der Waals surface area contributed by atoms with Gasteiger partial charge in [0.25, 0.3) is 0 Å². The molecule has 37 heavy (non-hydrogen) atoms. The van der Waals surface area contributed by atoms with E-state index in [0.717, 1.165) is 24.1 Å². The summed E-state index contributed by atoms with van der Waals surface area (Å²) in [6.07, 6.45) is 2.66. The van der Waals surface area contributed by atoms with Crippen molar-refractivity contribution >= 4 is 23.3 Å². The number of nitrogens with one attached hydrogen (secondary N) is 1. The minimum Gasteiger partial charge on any atom is -0.505 e. The molecule has 1 atom stereocenters. The lowest BCUT2D eigenvalue weighted by Gasteiger charge is -2.27. The second-order valence-corrected chi connectivity index (χ2v) is 11.3. The molecule has 1 aromatic heterocycles. The van der Waals surface area contributed by atoms with E-state index in [1.54, 1.807) is 17.0 Å². The molecule has 1 saturated carbocycles. The Balaban J connectivity index is 1.37. The molecule has 5 rings (SSSR count). The summed E-state index contributed by atoms with van der Waals surface area (Å²) in [5.74, 6) is -0.248. The number of amidine groups is 1. The number of benzene rings is 1. The average molecular weight is 507 g/mol. The highest BCUT2D eigenvalue weighted by atomic mass is 16.5. The molecular formula is C28H34N4O5. The highest BCUT2D eigenvalue weighted by Crippen LogP contribution is 2.41. The topological polar surface area (TPSA) is 127 Å². The fraction of sp³-hybridized carbons (Fsp3) is 0.500. The number of nitrogens with zero attached hydrogens (tertiary/aromatic N) is 3. The van der Waals surface area contributed by atoms with Crippen LogP contribution in [-0.4, -0.2) is 70.0 Å². The number of aromatic hydroxyl groups is 1. The number of Topliss-reactive ketones (excluding diaryl/α,β-unsaturated/α-hetero) is 1. The zero-order valence-electron chi connectivity index (χ0n) is 21.6. The molecule has 2 fully saturated rings. The van der Waals surface area contributed by atoms with Crippen LogP contribution in [0.5, 0.6) is 5.75 Å². The normalized spacial score (nSPS) is 19.4. The first-order chi connectivity index (χ1) is 17.5. The predicted octanol–water partition coefficient (Wildman–Crippen LogP) is 3.67. The SMILES string of the molecule is CC(C)(C)c1cc(C(=O)CN2Cc3ccc(C4CC4)nc3C2=N)cc(N2CCC(OCC(=O)O)C2)c1O. The number of anilines is 1. The monoisotopic (exact) mass is 506 g/mol. The Bertz CT molecular complexity index is 1260. The third kappa shape index (κ3) is 5.18. The third-order valence-corrected chi connectivity index (χ3v) is 7.38. The summed E-state index contributed by atoms with van der Waals surface area (Å²) in [4.78, 5) is 32.8. The largest absolute Gasteiger partial charge is 0.505 e. The number of hydrogen-bond donors (Lipinski definition) is 3. The molecule has 3 N–H and O–H groups in total. The molecule has 2 aliphatic heterocycles. The van der Waals surface area contributed by atoms with Gasteiger partial charge in [0.05, 0.1) is 18.3 Å². The third-order valence-electron chi connectivity index (χ3n) is 7.38. The van der Waals surface area contributed by atoms with Crippen molar-refractivity contribution in [2.45, 2.75) is 64.0 Å². The van der Waals surface area contributed by atoms with Crippen LogP contribution in [0.15, 0.2) is 24.3 Å². The van der Waals surface area contributed by atoms with Crippen LogP contribution < -0.4 is 4.90 Å². The zero-order chi connectivity index (χ0) is 26.5. The van der Waals surface area contributed by atoms with Crippen LogP contribution in [-0.2, 0) is 21.5 Å². The number of ether oxygens (including phenoxy) is 1. The smallest absolute Gasteiger partial charge is 0.329 e. The molecule has 1 saturated heterocycles. The molecule has 1 aromatic carbocycles. The van der Waals surface area contributed by atoms with Crippen molar-refractivity contribution < 1.29 is 24.5 Å². The average Bonchev–Trinajstić information content (AvgIpc) is 3.51. The second-order valence-electron chi connectivity index (χ2n) is 11.3. The molecule has 196 valence electrons. The summed E-state index contributed by atoms with van der Waals surface area (Å²) < 4.78 is 5.46. The molecular weight excluding hydrogens is 472 g/mol. The van der Waals surface area contributed by atoms with E-state index in [1.807, 2.05) is 37.8 Å². The number of phenols is 1. The molecule has 2 aromatic rings. The molecule has 3 aliphatic rings. The first kappa shape index (κ1) is 25.2. The fourth-order valence-electron chi connectivity index (χ4n) is 5.14. The maximum atomic E-state index is 13.5. The highest BCUT2D eigenvalue weighted by Gasteiger charge is 2.33. The van der Waals surface area contributed by atoms with Gasteiger partial charge in [-0.2, -0.15) is 0 Å². The number of phenolic OH excluding ortho intramolecular Hbond substituents is 1. The van der Waals surface area contributed by atoms with Gasteiger partial charge in [-0.1, -0.05) is 26.8 Å². The predicted molar refractivity (Wildman–Crippen MR) is 139 cm³/mol. The van der Waals surface area contributed by atoms with Crippen molar-refractivity contribution in [2.75, 3.05) is 31.1 Å². The number of carbonyl (C=O) groups excluding carboxylic acids is 1. The second kappa shape index (κ2) is 9.45. The van der Waals surface area contributed by atoms with Gasteiger partial charge in [0, 0.05) is 47.9 Å². The van der Waals surface area contributed by atoms with Crippen LogP contribution in [0.25, 0.3) is 0 Å². The van der Waals surface area contributed by atoms with E-state index in [-0.39, 0.29) is 36.6 Å². The van der Waals surface area contributed by atoms with Gasteiger partial charge in [-0.3, -0.25) is 10.2 Å². The van der Waals surface area contributed by atoms with E-state index in [2.05, 4.69) is 0 Å². The van der Waals surface area contributed by atoms with Crippen LogP contribution in [0.2, 0.25) is 0 Å². The Hall–Kier alpha value is -3.46. The summed E-state index contributed by atoms with van der Waals surface area (Å²) in [5.41, 5.74) is 3.95. The Labute approximate surface area is 216 Å². The molecule has 3 heterocycles. The van der Waals surface area contributed by atoms with E-state index in [4.69, 9.17) is 20.2 Å². The lowest BCUT2D eigenvalue weighted by Crippen LogP contribution is -2.31. The van der Waals surface area contributed by atoms with Crippen LogP contribution in [0, 0.1) is 5.41 Å². The lowest BCUT2D eigenvalue weighted by molar-refractivity contribution is -0.143. The van der Waals surface area contributed by atoms with Crippen LogP contribution in [0.3, 0.4) is 0 Å². The van der Waals surface area contributed by atoms with Gasteiger partial charge in [0.15, 0.2) is 5.78 Å². The summed E-state index contributed by atoms with van der Waals surface area (Å²) in [6, 6.07) is 7.54. The number of aromatic nitrogens is 1. The van der Waals surface area contributed by atoms with E-state index >= 15 is 0 Å². The van der Waals surface area contributed by atoms with Gasteiger partial charge in [0.2, 0.25) is 0 Å². The molecule has 0 bridgehead atoms. The van der Waals surface area contributed by atoms with E-state index < -0.39 is 11.4 Å². The lowest BCUT2D eigenvalue weighted by atomic mass is 9.84. The number of pyridine rings is 1. The zero-order valence-corrected chi connectivity index (χ0v) is 21.6. The standard InChI is InChI=1S/C28H34N4O5/c1-28(2,3)20-10-18(11-22(26(20)36)31-9-8-19(13-31)37-15-24(34)35)23(33)14-32-12-17-6-7-21(16-4-5-16)30-25(17)27(32)29/h6-7,10-11,16,19,29,36H,4-5,8-9,12-15H2,1-3H3,(H,34,35). The Morgan fingerprint density at radius 3 is 2.62 bits per heavy atom. The van der Waals surface area contributed by atoms with Gasteiger partial charge in [-0.25, -0.2) is 9.78 Å². The Morgan fingerprint density at radius 1 is 1.19 bits per heavy atom. The van der Waals surface area contributed by atoms with Gasteiger partial charge in [-0.05, 0) is 42.9 Å². The summed E-state index contributed by atoms with van der Waals surface area (Å²) in [6.45, 7) is 7.13.